The molecule has 3 aromatic rings. The van der Waals surface area contributed by atoms with Crippen molar-refractivity contribution in [2.75, 3.05) is 26.3 Å². The molecule has 0 bridgehead atoms. The topological polar surface area (TPSA) is 64.6 Å². The number of aryl methyl sites for hydroxylation is 2. The molecular weight excluding hydrogens is 438 g/mol. The Morgan fingerprint density at radius 1 is 1.06 bits per heavy atom. The molecule has 2 saturated heterocycles. The van der Waals surface area contributed by atoms with Crippen LogP contribution >= 0.6 is 0 Å². The van der Waals surface area contributed by atoms with Crippen LogP contribution in [-0.2, 0) is 14.9 Å². The van der Waals surface area contributed by atoms with Gasteiger partial charge in [0, 0.05) is 38.4 Å². The predicted octanol–water partition coefficient (Wildman–Crippen LogP) is 5.34. The molecular formula is C29H33N3O3. The minimum atomic E-state index is -0.527. The Morgan fingerprint density at radius 2 is 1.80 bits per heavy atom. The molecule has 0 spiro atoms. The zero-order valence-electron chi connectivity index (χ0n) is 20.6. The summed E-state index contributed by atoms with van der Waals surface area (Å²) in [6.45, 7) is 6.86. The van der Waals surface area contributed by atoms with Crippen molar-refractivity contribution in [1.82, 2.24) is 14.9 Å². The maximum atomic E-state index is 14.2. The summed E-state index contributed by atoms with van der Waals surface area (Å²) >= 11 is 0. The average Bonchev–Trinajstić information content (AvgIpc) is 2.89. The van der Waals surface area contributed by atoms with E-state index in [0.29, 0.717) is 25.6 Å². The van der Waals surface area contributed by atoms with E-state index in [1.54, 1.807) is 6.20 Å². The van der Waals surface area contributed by atoms with E-state index >= 15 is 0 Å². The fourth-order valence-corrected chi connectivity index (χ4v) is 5.52. The number of para-hydroxylation sites is 1. The minimum Gasteiger partial charge on any atom is -0.437 e. The number of hydrogen-bond donors (Lipinski definition) is 0. The Balaban J connectivity index is 1.38. The number of carbonyl (C=O) groups excluding carboxylic acids is 1. The number of amides is 1. The van der Waals surface area contributed by atoms with Crippen LogP contribution in [0.1, 0.15) is 54.0 Å². The third-order valence-corrected chi connectivity index (χ3v) is 7.25. The molecule has 1 amide bonds. The minimum absolute atomic E-state index is 0.135. The van der Waals surface area contributed by atoms with E-state index in [-0.39, 0.29) is 11.8 Å². The first-order chi connectivity index (χ1) is 17.0. The second-order valence-corrected chi connectivity index (χ2v) is 9.86. The maximum absolute atomic E-state index is 14.2. The van der Waals surface area contributed by atoms with Crippen LogP contribution in [0.2, 0.25) is 0 Å². The lowest BCUT2D eigenvalue weighted by molar-refractivity contribution is -0.142. The lowest BCUT2D eigenvalue weighted by Gasteiger charge is -2.43. The number of ether oxygens (including phenoxy) is 2. The Hall–Kier alpha value is -3.25. The first kappa shape index (κ1) is 23.5. The fraction of sp³-hybridized carbons (Fsp3) is 0.414. The van der Waals surface area contributed by atoms with Gasteiger partial charge in [0.2, 0.25) is 11.8 Å². The second kappa shape index (κ2) is 10.2. The third kappa shape index (κ3) is 5.08. The molecule has 1 atom stereocenters. The number of nitrogens with zero attached hydrogens (tertiary/aromatic N) is 3. The Morgan fingerprint density at radius 3 is 2.54 bits per heavy atom. The van der Waals surface area contributed by atoms with Crippen LogP contribution in [0.5, 0.6) is 11.6 Å². The van der Waals surface area contributed by atoms with Crippen molar-refractivity contribution in [2.45, 2.75) is 50.9 Å². The number of piperidine rings is 1. The molecule has 5 rings (SSSR count). The first-order valence-electron chi connectivity index (χ1n) is 12.5. The molecule has 6 nitrogen and oxygen atoms in total. The van der Waals surface area contributed by atoms with E-state index in [4.69, 9.17) is 14.5 Å². The molecule has 0 radical (unpaired) electrons. The smallest absolute Gasteiger partial charge is 0.238 e. The van der Waals surface area contributed by atoms with E-state index in [1.165, 1.54) is 11.1 Å². The highest BCUT2D eigenvalue weighted by molar-refractivity contribution is 5.88. The number of hydrogen-bond acceptors (Lipinski definition) is 5. The van der Waals surface area contributed by atoms with Gasteiger partial charge in [-0.3, -0.25) is 9.78 Å². The Bertz CT molecular complexity index is 1150. The molecule has 0 N–H and O–H groups in total. The van der Waals surface area contributed by atoms with E-state index in [1.807, 2.05) is 36.5 Å². The summed E-state index contributed by atoms with van der Waals surface area (Å²) in [5.74, 6) is 1.57. The van der Waals surface area contributed by atoms with Gasteiger partial charge in [0.25, 0.3) is 0 Å². The zero-order valence-corrected chi connectivity index (χ0v) is 20.6. The van der Waals surface area contributed by atoms with Crippen LogP contribution in [0, 0.1) is 13.8 Å². The highest BCUT2D eigenvalue weighted by Crippen LogP contribution is 2.39. The van der Waals surface area contributed by atoms with Gasteiger partial charge in [-0.25, -0.2) is 4.98 Å². The van der Waals surface area contributed by atoms with E-state index in [9.17, 15) is 4.79 Å². The van der Waals surface area contributed by atoms with Crippen molar-refractivity contribution in [3.8, 4) is 11.6 Å². The van der Waals surface area contributed by atoms with Gasteiger partial charge in [-0.1, -0.05) is 47.5 Å². The largest absolute Gasteiger partial charge is 0.437 e. The van der Waals surface area contributed by atoms with Crippen molar-refractivity contribution in [3.63, 3.8) is 0 Å². The monoisotopic (exact) mass is 471 g/mol. The molecule has 0 saturated carbocycles. The number of rotatable bonds is 5. The lowest BCUT2D eigenvalue weighted by atomic mass is 9.71. The van der Waals surface area contributed by atoms with Crippen molar-refractivity contribution >= 4 is 5.91 Å². The Kier molecular flexibility index (Phi) is 6.82. The van der Waals surface area contributed by atoms with Crippen molar-refractivity contribution < 1.29 is 14.3 Å². The van der Waals surface area contributed by atoms with E-state index in [0.717, 1.165) is 49.2 Å². The summed E-state index contributed by atoms with van der Waals surface area (Å²) in [4.78, 5) is 25.4. The number of aromatic nitrogens is 2. The van der Waals surface area contributed by atoms with E-state index in [2.05, 4.69) is 41.9 Å². The molecule has 6 heteroatoms. The quantitative estimate of drug-likeness (QED) is 0.503. The summed E-state index contributed by atoms with van der Waals surface area (Å²) in [6.07, 6.45) is 6.81. The predicted molar refractivity (Wildman–Crippen MR) is 135 cm³/mol. The number of benzene rings is 2. The molecule has 3 heterocycles. The normalized spacial score (nSPS) is 19.8. The summed E-state index contributed by atoms with van der Waals surface area (Å²) in [6, 6.07) is 16.2. The van der Waals surface area contributed by atoms with Gasteiger partial charge in [0.05, 0.1) is 17.3 Å². The molecule has 182 valence electrons. The van der Waals surface area contributed by atoms with Crippen LogP contribution in [-0.4, -0.2) is 47.1 Å². The van der Waals surface area contributed by atoms with Crippen LogP contribution in [0.15, 0.2) is 60.9 Å². The number of likely N-dealkylation sites (tertiary alicyclic amines) is 1. The summed E-state index contributed by atoms with van der Waals surface area (Å²) in [5.41, 5.74) is 3.87. The first-order valence-corrected chi connectivity index (χ1v) is 12.5. The zero-order chi connectivity index (χ0) is 24.3. The van der Waals surface area contributed by atoms with Gasteiger partial charge in [-0.2, -0.15) is 0 Å². The molecule has 2 aliphatic heterocycles. The summed E-state index contributed by atoms with van der Waals surface area (Å²) < 4.78 is 11.6. The molecule has 2 fully saturated rings. The standard InChI is InChI=1S/C29H33N3O3/c1-21-15-22(2)17-24(16-21)29(10-13-34-14-11-29)28(33)32-12-6-7-23(20-32)26-18-30-19-27(31-26)35-25-8-4-3-5-9-25/h3-5,8-9,15-19,23H,6-7,10-14,20H2,1-2H3/t23-/m1/s1. The summed E-state index contributed by atoms with van der Waals surface area (Å²) in [5, 5.41) is 0. The molecule has 35 heavy (non-hydrogen) atoms. The second-order valence-electron chi connectivity index (χ2n) is 9.86. The molecule has 2 aliphatic rings. The van der Waals surface area contributed by atoms with Crippen molar-refractivity contribution in [2.24, 2.45) is 0 Å². The van der Waals surface area contributed by atoms with Crippen LogP contribution in [0.3, 0.4) is 0 Å². The van der Waals surface area contributed by atoms with Crippen LogP contribution < -0.4 is 4.74 Å². The Labute approximate surface area is 207 Å². The fourth-order valence-electron chi connectivity index (χ4n) is 5.52. The van der Waals surface area contributed by atoms with Gasteiger partial charge >= 0.3 is 0 Å². The highest BCUT2D eigenvalue weighted by Gasteiger charge is 2.45. The van der Waals surface area contributed by atoms with Gasteiger partial charge < -0.3 is 14.4 Å². The summed E-state index contributed by atoms with van der Waals surface area (Å²) in [7, 11) is 0. The molecule has 0 aliphatic carbocycles. The van der Waals surface area contributed by atoms with Gasteiger partial charge in [-0.05, 0) is 57.2 Å². The third-order valence-electron chi connectivity index (χ3n) is 7.25. The molecule has 0 unspecified atom stereocenters. The van der Waals surface area contributed by atoms with Crippen LogP contribution in [0.25, 0.3) is 0 Å². The molecule has 2 aromatic carbocycles. The van der Waals surface area contributed by atoms with Crippen molar-refractivity contribution in [3.05, 3.63) is 83.3 Å². The SMILES string of the molecule is Cc1cc(C)cc(C2(C(=O)N3CCC[C@@H](c4cncc(Oc5ccccc5)n4)C3)CCOCC2)c1. The van der Waals surface area contributed by atoms with Crippen LogP contribution in [0.4, 0.5) is 0 Å². The molecule has 1 aromatic heterocycles. The van der Waals surface area contributed by atoms with E-state index < -0.39 is 5.41 Å². The van der Waals surface area contributed by atoms with Gasteiger partial charge in [0.1, 0.15) is 5.75 Å². The average molecular weight is 472 g/mol. The van der Waals surface area contributed by atoms with Crippen molar-refractivity contribution in [1.29, 1.82) is 0 Å². The van der Waals surface area contributed by atoms with Gasteiger partial charge in [0.15, 0.2) is 0 Å². The maximum Gasteiger partial charge on any atom is 0.238 e. The highest BCUT2D eigenvalue weighted by atomic mass is 16.5. The number of carbonyl (C=O) groups is 1. The lowest BCUT2D eigenvalue weighted by Crippen LogP contribution is -2.52. The van der Waals surface area contributed by atoms with Gasteiger partial charge in [-0.15, -0.1) is 0 Å².